The summed E-state index contributed by atoms with van der Waals surface area (Å²) >= 11 is 7.59. The lowest BCUT2D eigenvalue weighted by molar-refractivity contribution is 0.557. The molecule has 0 saturated heterocycles. The van der Waals surface area contributed by atoms with E-state index in [0.29, 0.717) is 6.42 Å². The largest absolute Gasteiger partial charge is 0.324 e. The molecule has 2 rings (SSSR count). The van der Waals surface area contributed by atoms with Gasteiger partial charge in [0.25, 0.3) is 10.0 Å². The molecular weight excluding hydrogens is 318 g/mol. The van der Waals surface area contributed by atoms with Crippen molar-refractivity contribution in [1.82, 2.24) is 14.3 Å². The molecule has 0 aliphatic rings. The highest BCUT2D eigenvalue weighted by atomic mass is 35.5. The summed E-state index contributed by atoms with van der Waals surface area (Å²) < 4.78 is 28.5. The first-order valence-electron chi connectivity index (χ1n) is 6.04. The fourth-order valence-corrected chi connectivity index (χ4v) is 4.53. The number of hydrogen-bond donors (Lipinski definition) is 1. The predicted molar refractivity (Wildman–Crippen MR) is 80.8 cm³/mol. The predicted octanol–water partition coefficient (Wildman–Crippen LogP) is 2.35. The molecule has 0 fully saturated rings. The van der Waals surface area contributed by atoms with Crippen LogP contribution in [0.15, 0.2) is 23.5 Å². The van der Waals surface area contributed by atoms with Gasteiger partial charge < -0.3 is 4.57 Å². The molecule has 20 heavy (non-hydrogen) atoms. The molecule has 1 atom stereocenters. The van der Waals surface area contributed by atoms with E-state index in [1.54, 1.807) is 18.4 Å². The van der Waals surface area contributed by atoms with Gasteiger partial charge in [-0.25, -0.2) is 18.1 Å². The Labute approximate surface area is 127 Å². The van der Waals surface area contributed by atoms with Crippen LogP contribution in [0.1, 0.15) is 16.7 Å². The maximum Gasteiger partial charge on any atom is 0.261 e. The van der Waals surface area contributed by atoms with Gasteiger partial charge in [0, 0.05) is 22.8 Å². The molecule has 0 aliphatic heterocycles. The second kappa shape index (κ2) is 5.85. The van der Waals surface area contributed by atoms with Crippen LogP contribution >= 0.6 is 22.9 Å². The van der Waals surface area contributed by atoms with E-state index in [1.807, 2.05) is 26.0 Å². The quantitative estimate of drug-likeness (QED) is 0.913. The van der Waals surface area contributed by atoms with Crippen LogP contribution in [0.25, 0.3) is 0 Å². The molecule has 1 unspecified atom stereocenters. The Bertz CT molecular complexity index is 706. The van der Waals surface area contributed by atoms with Crippen molar-refractivity contribution < 1.29 is 8.42 Å². The topological polar surface area (TPSA) is 64.0 Å². The molecule has 2 aromatic rings. The van der Waals surface area contributed by atoms with E-state index in [-0.39, 0.29) is 16.2 Å². The molecule has 1 N–H and O–H groups in total. The molecule has 0 spiro atoms. The van der Waals surface area contributed by atoms with Crippen LogP contribution in [0.4, 0.5) is 0 Å². The average molecular weight is 334 g/mol. The van der Waals surface area contributed by atoms with Gasteiger partial charge in [-0.05, 0) is 32.4 Å². The number of halogens is 1. The summed E-state index contributed by atoms with van der Waals surface area (Å²) in [4.78, 5) is 6.19. The number of thiophene rings is 1. The van der Waals surface area contributed by atoms with Crippen molar-refractivity contribution >= 4 is 33.0 Å². The summed E-state index contributed by atoms with van der Waals surface area (Å²) in [7, 11) is -2.05. The summed E-state index contributed by atoms with van der Waals surface area (Å²) in [5.74, 6) is 0. The minimum absolute atomic E-state index is 0.108. The van der Waals surface area contributed by atoms with Crippen molar-refractivity contribution in [3.63, 3.8) is 0 Å². The van der Waals surface area contributed by atoms with Crippen molar-refractivity contribution in [3.8, 4) is 0 Å². The zero-order valence-electron chi connectivity index (χ0n) is 11.4. The minimum Gasteiger partial charge on any atom is -0.324 e. The highest BCUT2D eigenvalue weighted by Gasteiger charge is 2.24. The lowest BCUT2D eigenvalue weighted by Crippen LogP contribution is -2.34. The number of rotatable bonds is 5. The Hall–Kier alpha value is -0.890. The van der Waals surface area contributed by atoms with E-state index in [1.165, 1.54) is 15.8 Å². The van der Waals surface area contributed by atoms with Gasteiger partial charge in [0.2, 0.25) is 5.03 Å². The molecule has 0 radical (unpaired) electrons. The van der Waals surface area contributed by atoms with Crippen LogP contribution in [0.3, 0.4) is 0 Å². The summed E-state index contributed by atoms with van der Waals surface area (Å²) in [6.45, 7) is 3.85. The second-order valence-corrected chi connectivity index (χ2v) is 8.05. The Morgan fingerprint density at radius 1 is 1.50 bits per heavy atom. The number of imidazole rings is 1. The third kappa shape index (κ3) is 3.41. The van der Waals surface area contributed by atoms with Gasteiger partial charge in [-0.3, -0.25) is 0 Å². The molecule has 8 heteroatoms. The van der Waals surface area contributed by atoms with Crippen molar-refractivity contribution in [2.75, 3.05) is 0 Å². The standard InChI is InChI=1S/C12H16ClN3O2S2/c1-8(6-10-5-4-9(2)19-10)15-20(17,18)12-11(13)16(3)7-14-12/h4-5,7-8,15H,6H2,1-3H3. The molecule has 0 amide bonds. The summed E-state index contributed by atoms with van der Waals surface area (Å²) in [6, 6.07) is 3.81. The first-order chi connectivity index (χ1) is 9.29. The summed E-state index contributed by atoms with van der Waals surface area (Å²) in [5.41, 5.74) is 0. The van der Waals surface area contributed by atoms with E-state index in [9.17, 15) is 8.42 Å². The van der Waals surface area contributed by atoms with Crippen molar-refractivity contribution in [2.24, 2.45) is 7.05 Å². The summed E-state index contributed by atoms with van der Waals surface area (Å²) in [6.07, 6.45) is 2.02. The summed E-state index contributed by atoms with van der Waals surface area (Å²) in [5, 5.41) is -0.0208. The normalized spacial score (nSPS) is 13.6. The van der Waals surface area contributed by atoms with E-state index in [2.05, 4.69) is 9.71 Å². The number of aromatic nitrogens is 2. The lowest BCUT2D eigenvalue weighted by Gasteiger charge is -2.12. The Morgan fingerprint density at radius 3 is 2.70 bits per heavy atom. The number of hydrogen-bond acceptors (Lipinski definition) is 4. The van der Waals surface area contributed by atoms with E-state index < -0.39 is 10.0 Å². The van der Waals surface area contributed by atoms with Crippen LogP contribution in [-0.4, -0.2) is 24.0 Å². The van der Waals surface area contributed by atoms with Gasteiger partial charge >= 0.3 is 0 Å². The van der Waals surface area contributed by atoms with E-state index >= 15 is 0 Å². The first-order valence-corrected chi connectivity index (χ1v) is 8.72. The van der Waals surface area contributed by atoms with E-state index in [0.717, 1.165) is 4.88 Å². The fourth-order valence-electron chi connectivity index (χ4n) is 1.83. The van der Waals surface area contributed by atoms with Crippen molar-refractivity contribution in [2.45, 2.75) is 31.3 Å². The second-order valence-electron chi connectivity index (χ2n) is 4.69. The van der Waals surface area contributed by atoms with Crippen LogP contribution in [0.5, 0.6) is 0 Å². The molecule has 0 saturated carbocycles. The Balaban J connectivity index is 2.10. The monoisotopic (exact) mass is 333 g/mol. The van der Waals surface area contributed by atoms with Crippen LogP contribution in [0, 0.1) is 6.92 Å². The minimum atomic E-state index is -3.69. The van der Waals surface area contributed by atoms with Gasteiger partial charge in [-0.15, -0.1) is 11.3 Å². The molecule has 2 aromatic heterocycles. The molecule has 0 aliphatic carbocycles. The highest BCUT2D eigenvalue weighted by molar-refractivity contribution is 7.89. The smallest absolute Gasteiger partial charge is 0.261 e. The highest BCUT2D eigenvalue weighted by Crippen LogP contribution is 2.20. The number of nitrogens with zero attached hydrogens (tertiary/aromatic N) is 2. The molecule has 110 valence electrons. The Morgan fingerprint density at radius 2 is 2.20 bits per heavy atom. The molecule has 2 heterocycles. The SMILES string of the molecule is Cc1ccc(CC(C)NS(=O)(=O)c2ncn(C)c2Cl)s1. The van der Waals surface area contributed by atoms with Gasteiger partial charge in [0.15, 0.2) is 0 Å². The van der Waals surface area contributed by atoms with Gasteiger partial charge in [0.1, 0.15) is 5.15 Å². The fraction of sp³-hybridized carbons (Fsp3) is 0.417. The first kappa shape index (κ1) is 15.5. The zero-order chi connectivity index (χ0) is 14.9. The molecule has 5 nitrogen and oxygen atoms in total. The maximum atomic E-state index is 12.2. The average Bonchev–Trinajstić information content (AvgIpc) is 2.86. The third-order valence-corrected chi connectivity index (χ3v) is 5.85. The number of nitrogens with one attached hydrogen (secondary N) is 1. The van der Waals surface area contributed by atoms with Crippen LogP contribution < -0.4 is 4.72 Å². The molecule has 0 bridgehead atoms. The maximum absolute atomic E-state index is 12.2. The molecular formula is C12H16ClN3O2S2. The van der Waals surface area contributed by atoms with Gasteiger partial charge in [0.05, 0.1) is 6.33 Å². The number of aryl methyl sites for hydroxylation is 2. The Kier molecular flexibility index (Phi) is 4.53. The third-order valence-electron chi connectivity index (χ3n) is 2.75. The van der Waals surface area contributed by atoms with Crippen molar-refractivity contribution in [1.29, 1.82) is 0 Å². The van der Waals surface area contributed by atoms with Crippen LogP contribution in [0.2, 0.25) is 5.15 Å². The van der Waals surface area contributed by atoms with Gasteiger partial charge in [-0.1, -0.05) is 11.6 Å². The number of sulfonamides is 1. The van der Waals surface area contributed by atoms with Crippen LogP contribution in [-0.2, 0) is 23.5 Å². The van der Waals surface area contributed by atoms with E-state index in [4.69, 9.17) is 11.6 Å². The van der Waals surface area contributed by atoms with Crippen molar-refractivity contribution in [3.05, 3.63) is 33.4 Å². The zero-order valence-corrected chi connectivity index (χ0v) is 13.8. The van der Waals surface area contributed by atoms with Gasteiger partial charge in [-0.2, -0.15) is 0 Å². The lowest BCUT2D eigenvalue weighted by atomic mass is 10.2. The molecule has 0 aromatic carbocycles.